The second-order valence-corrected chi connectivity index (χ2v) is 13.8. The normalized spacial score (nSPS) is 12.1. The molecule has 2 aromatic carbocycles. The molecule has 14 nitrogen and oxygen atoms in total. The minimum Gasteiger partial charge on any atom is -0.372 e. The van der Waals surface area contributed by atoms with Crippen molar-refractivity contribution in [1.82, 2.24) is 9.78 Å². The molecular weight excluding hydrogens is 622 g/mol. The van der Waals surface area contributed by atoms with Gasteiger partial charge >= 0.3 is 0 Å². The fourth-order valence-corrected chi connectivity index (χ4v) is 6.06. The van der Waals surface area contributed by atoms with Gasteiger partial charge in [-0.05, 0) is 81.0 Å². The molecule has 0 spiro atoms. The molecule has 45 heavy (non-hydrogen) atoms. The van der Waals surface area contributed by atoms with Crippen molar-refractivity contribution in [2.75, 3.05) is 29.1 Å². The van der Waals surface area contributed by atoms with E-state index in [1.54, 1.807) is 32.0 Å². The molecule has 0 saturated heterocycles. The van der Waals surface area contributed by atoms with E-state index in [1.165, 1.54) is 23.7 Å². The van der Waals surface area contributed by atoms with E-state index in [2.05, 4.69) is 26.7 Å². The minimum absolute atomic E-state index is 0.0962. The monoisotopic (exact) mass is 659 g/mol. The standard InChI is InChI=1S/C29H37N7O7S2/c1-7-35(12-8-9-13-44(38,39)40)22-10-11-25(26(16-22)31-21(6)37)32-33-29-24(17-30)27(18(2)3)34-36(29)28-19(4)14-23(15-20(28)5)45(41,42)43/h10-11,14-16,18H,7-9,12-13H2,1-6H3,(H,31,37)(H,38,39,40)(H,41,42,43). The summed E-state index contributed by atoms with van der Waals surface area (Å²) in [6.45, 7) is 11.4. The molecule has 0 aliphatic carbocycles. The lowest BCUT2D eigenvalue weighted by atomic mass is 10.1. The minimum atomic E-state index is -4.46. The molecule has 0 bridgehead atoms. The zero-order chi connectivity index (χ0) is 33.7. The lowest BCUT2D eigenvalue weighted by molar-refractivity contribution is -0.114. The first kappa shape index (κ1) is 35.3. The van der Waals surface area contributed by atoms with Crippen molar-refractivity contribution in [3.8, 4) is 11.8 Å². The number of azo groups is 1. The predicted molar refractivity (Wildman–Crippen MR) is 170 cm³/mol. The Morgan fingerprint density at radius 1 is 1.09 bits per heavy atom. The molecule has 0 saturated carbocycles. The van der Waals surface area contributed by atoms with E-state index < -0.39 is 20.2 Å². The second kappa shape index (κ2) is 14.3. The number of hydrogen-bond acceptors (Lipinski definition) is 10. The maximum absolute atomic E-state index is 12.1. The van der Waals surface area contributed by atoms with Gasteiger partial charge in [0.2, 0.25) is 5.91 Å². The zero-order valence-corrected chi connectivity index (χ0v) is 27.6. The maximum Gasteiger partial charge on any atom is 0.294 e. The SMILES string of the molecule is CCN(CCCCS(=O)(=O)O)c1ccc(N=Nc2c(C#N)c(C(C)C)nn2-c2c(C)cc(S(=O)(=O)O)cc2C)c(NC(C)=O)c1. The number of carbonyl (C=O) groups is 1. The van der Waals surface area contributed by atoms with E-state index >= 15 is 0 Å². The first-order valence-electron chi connectivity index (χ1n) is 14.1. The average Bonchev–Trinajstić information content (AvgIpc) is 3.29. The first-order chi connectivity index (χ1) is 21.0. The summed E-state index contributed by atoms with van der Waals surface area (Å²) in [5.74, 6) is -0.752. The number of nitriles is 1. The lowest BCUT2D eigenvalue weighted by Crippen LogP contribution is -2.24. The van der Waals surface area contributed by atoms with Gasteiger partial charge in [-0.25, -0.2) is 4.68 Å². The number of rotatable bonds is 13. The summed E-state index contributed by atoms with van der Waals surface area (Å²) >= 11 is 0. The summed E-state index contributed by atoms with van der Waals surface area (Å²) in [5, 5.41) is 26.3. The van der Waals surface area contributed by atoms with Gasteiger partial charge in [0.1, 0.15) is 17.3 Å². The third-order valence-electron chi connectivity index (χ3n) is 6.89. The van der Waals surface area contributed by atoms with Crippen molar-refractivity contribution in [3.05, 3.63) is 52.7 Å². The van der Waals surface area contributed by atoms with Crippen LogP contribution >= 0.6 is 0 Å². The Labute approximate surface area is 263 Å². The van der Waals surface area contributed by atoms with Crippen LogP contribution in [-0.4, -0.2) is 60.5 Å². The molecule has 1 heterocycles. The van der Waals surface area contributed by atoms with Crippen molar-refractivity contribution < 1.29 is 30.7 Å². The van der Waals surface area contributed by atoms with Crippen LogP contribution in [0, 0.1) is 25.2 Å². The number of nitrogens with zero attached hydrogens (tertiary/aromatic N) is 6. The third kappa shape index (κ3) is 8.94. The van der Waals surface area contributed by atoms with E-state index in [0.717, 1.165) is 5.69 Å². The molecule has 1 aromatic heterocycles. The number of carbonyl (C=O) groups excluding carboxylic acids is 1. The van der Waals surface area contributed by atoms with Crippen molar-refractivity contribution in [1.29, 1.82) is 5.26 Å². The highest BCUT2D eigenvalue weighted by atomic mass is 32.2. The summed E-state index contributed by atoms with van der Waals surface area (Å²) in [5.41, 5.74) is 3.38. The van der Waals surface area contributed by atoms with Crippen LogP contribution in [0.5, 0.6) is 0 Å². The largest absolute Gasteiger partial charge is 0.372 e. The summed E-state index contributed by atoms with van der Waals surface area (Å²) < 4.78 is 65.7. The highest BCUT2D eigenvalue weighted by Gasteiger charge is 2.24. The molecule has 0 aliphatic heterocycles. The molecular formula is C29H37N7O7S2. The molecule has 242 valence electrons. The smallest absolute Gasteiger partial charge is 0.294 e. The van der Waals surface area contributed by atoms with E-state index in [1.807, 2.05) is 25.7 Å². The molecule has 0 unspecified atom stereocenters. The van der Waals surface area contributed by atoms with Crippen LogP contribution in [0.4, 0.5) is 22.9 Å². The maximum atomic E-state index is 12.1. The molecule has 0 fully saturated rings. The van der Waals surface area contributed by atoms with E-state index in [4.69, 9.17) is 4.55 Å². The van der Waals surface area contributed by atoms with Crippen LogP contribution in [0.25, 0.3) is 5.69 Å². The summed E-state index contributed by atoms with van der Waals surface area (Å²) in [6, 6.07) is 9.90. The number of benzene rings is 2. The van der Waals surface area contributed by atoms with Crippen LogP contribution in [0.2, 0.25) is 0 Å². The Morgan fingerprint density at radius 2 is 1.73 bits per heavy atom. The van der Waals surface area contributed by atoms with Gasteiger partial charge in [-0.15, -0.1) is 10.2 Å². The van der Waals surface area contributed by atoms with Gasteiger partial charge in [-0.2, -0.15) is 27.2 Å². The molecule has 0 aliphatic rings. The van der Waals surface area contributed by atoms with Gasteiger partial charge in [-0.1, -0.05) is 13.8 Å². The Kier molecular flexibility index (Phi) is 11.2. The molecule has 3 rings (SSSR count). The number of aryl methyl sites for hydroxylation is 2. The third-order valence-corrected chi connectivity index (χ3v) is 8.53. The predicted octanol–water partition coefficient (Wildman–Crippen LogP) is 5.60. The molecule has 16 heteroatoms. The number of aromatic nitrogens is 2. The second-order valence-electron chi connectivity index (χ2n) is 10.8. The molecule has 1 amide bonds. The first-order valence-corrected chi connectivity index (χ1v) is 17.2. The Morgan fingerprint density at radius 3 is 2.24 bits per heavy atom. The fourth-order valence-electron chi connectivity index (χ4n) is 4.84. The fraction of sp³-hybridized carbons (Fsp3) is 0.414. The van der Waals surface area contributed by atoms with Gasteiger partial charge in [0, 0.05) is 25.7 Å². The van der Waals surface area contributed by atoms with Gasteiger partial charge in [0.25, 0.3) is 20.2 Å². The van der Waals surface area contributed by atoms with Crippen molar-refractivity contribution in [2.24, 2.45) is 10.2 Å². The van der Waals surface area contributed by atoms with Crippen LogP contribution in [0.1, 0.15) is 68.8 Å². The average molecular weight is 660 g/mol. The topological polar surface area (TPSA) is 207 Å². The van der Waals surface area contributed by atoms with Gasteiger partial charge in [0.05, 0.1) is 27.7 Å². The van der Waals surface area contributed by atoms with Crippen LogP contribution in [0.15, 0.2) is 45.5 Å². The lowest BCUT2D eigenvalue weighted by Gasteiger charge is -2.24. The van der Waals surface area contributed by atoms with Crippen LogP contribution in [0.3, 0.4) is 0 Å². The summed E-state index contributed by atoms with van der Waals surface area (Å²) in [7, 11) is -8.50. The quantitative estimate of drug-likeness (QED) is 0.118. The van der Waals surface area contributed by atoms with E-state index in [9.17, 15) is 31.4 Å². The van der Waals surface area contributed by atoms with E-state index in [-0.39, 0.29) is 46.0 Å². The Balaban J connectivity index is 2.11. The number of anilines is 2. The summed E-state index contributed by atoms with van der Waals surface area (Å²) in [6.07, 6.45) is 0.790. The van der Waals surface area contributed by atoms with Crippen molar-refractivity contribution >= 4 is 49.0 Å². The number of hydrogen-bond donors (Lipinski definition) is 3. The van der Waals surface area contributed by atoms with Crippen molar-refractivity contribution in [3.63, 3.8) is 0 Å². The Hall–Kier alpha value is -4.17. The van der Waals surface area contributed by atoms with Gasteiger partial charge in [0.15, 0.2) is 5.82 Å². The summed E-state index contributed by atoms with van der Waals surface area (Å²) in [4.78, 5) is 13.8. The van der Waals surface area contributed by atoms with Gasteiger partial charge < -0.3 is 10.2 Å². The highest BCUT2D eigenvalue weighted by molar-refractivity contribution is 7.86. The number of nitrogens with one attached hydrogen (secondary N) is 1. The highest BCUT2D eigenvalue weighted by Crippen LogP contribution is 2.36. The molecule has 3 aromatic rings. The van der Waals surface area contributed by atoms with Crippen molar-refractivity contribution in [2.45, 2.75) is 65.2 Å². The van der Waals surface area contributed by atoms with Gasteiger partial charge in [-0.3, -0.25) is 13.9 Å². The zero-order valence-electron chi connectivity index (χ0n) is 25.9. The molecule has 0 radical (unpaired) electrons. The van der Waals surface area contributed by atoms with Crippen LogP contribution < -0.4 is 10.2 Å². The van der Waals surface area contributed by atoms with E-state index in [0.29, 0.717) is 47.7 Å². The number of amides is 1. The molecule has 3 N–H and O–H groups in total. The van der Waals surface area contributed by atoms with Crippen LogP contribution in [-0.2, 0) is 25.0 Å². The number of unbranched alkanes of at least 4 members (excludes halogenated alkanes) is 1. The molecule has 0 atom stereocenters. The Bertz CT molecular complexity index is 1850.